The fourth-order valence-corrected chi connectivity index (χ4v) is 3.64. The lowest BCUT2D eigenvalue weighted by Crippen LogP contribution is -2.31. The van der Waals surface area contributed by atoms with Gasteiger partial charge in [-0.15, -0.1) is 0 Å². The second-order valence-corrected chi connectivity index (χ2v) is 7.20. The Labute approximate surface area is 168 Å². The summed E-state index contributed by atoms with van der Waals surface area (Å²) in [6.45, 7) is 4.45. The molecule has 0 fully saturated rings. The van der Waals surface area contributed by atoms with Crippen molar-refractivity contribution in [2.75, 3.05) is 0 Å². The molecule has 0 unspecified atom stereocenters. The SMILES string of the molecule is Cc1nn(C)c(C)c1C(=O)N(Cc1cccnc1)Cc1c[nH]c2ccc(F)cc12. The van der Waals surface area contributed by atoms with Crippen molar-refractivity contribution in [2.45, 2.75) is 26.9 Å². The van der Waals surface area contributed by atoms with Crippen molar-refractivity contribution in [2.24, 2.45) is 7.05 Å². The number of carbonyl (C=O) groups is 1. The zero-order chi connectivity index (χ0) is 20.5. The average Bonchev–Trinajstić information content (AvgIpc) is 3.21. The molecular weight excluding hydrogens is 369 g/mol. The van der Waals surface area contributed by atoms with Gasteiger partial charge in [0.05, 0.1) is 11.3 Å². The Morgan fingerprint density at radius 2 is 2.07 bits per heavy atom. The first-order valence-corrected chi connectivity index (χ1v) is 9.38. The van der Waals surface area contributed by atoms with Crippen LogP contribution >= 0.6 is 0 Å². The highest BCUT2D eigenvalue weighted by Gasteiger charge is 2.24. The largest absolute Gasteiger partial charge is 0.361 e. The van der Waals surface area contributed by atoms with Crippen LogP contribution in [0.25, 0.3) is 10.9 Å². The van der Waals surface area contributed by atoms with Crippen LogP contribution in [0.5, 0.6) is 0 Å². The Bertz CT molecular complexity index is 1180. The Morgan fingerprint density at radius 3 is 2.76 bits per heavy atom. The number of hydrogen-bond donors (Lipinski definition) is 1. The number of aromatic amines is 1. The van der Waals surface area contributed by atoms with Crippen molar-refractivity contribution >= 4 is 16.8 Å². The summed E-state index contributed by atoms with van der Waals surface area (Å²) in [6, 6.07) is 8.40. The molecule has 0 saturated heterocycles. The molecule has 148 valence electrons. The number of halogens is 1. The van der Waals surface area contributed by atoms with E-state index >= 15 is 0 Å². The lowest BCUT2D eigenvalue weighted by molar-refractivity contribution is 0.0729. The molecule has 1 amide bonds. The number of H-pyrrole nitrogens is 1. The van der Waals surface area contributed by atoms with Crippen molar-refractivity contribution in [3.8, 4) is 0 Å². The monoisotopic (exact) mass is 391 g/mol. The van der Waals surface area contributed by atoms with E-state index in [1.54, 1.807) is 28.0 Å². The van der Waals surface area contributed by atoms with Crippen molar-refractivity contribution in [1.29, 1.82) is 0 Å². The predicted molar refractivity (Wildman–Crippen MR) is 109 cm³/mol. The highest BCUT2D eigenvalue weighted by molar-refractivity contribution is 5.96. The first kappa shape index (κ1) is 18.9. The van der Waals surface area contributed by atoms with E-state index in [4.69, 9.17) is 0 Å². The van der Waals surface area contributed by atoms with E-state index in [1.165, 1.54) is 12.1 Å². The number of aromatic nitrogens is 4. The first-order chi connectivity index (χ1) is 13.9. The van der Waals surface area contributed by atoms with Crippen molar-refractivity contribution in [3.05, 3.63) is 82.8 Å². The van der Waals surface area contributed by atoms with Gasteiger partial charge in [-0.1, -0.05) is 6.07 Å². The number of hydrogen-bond acceptors (Lipinski definition) is 3. The van der Waals surface area contributed by atoms with Gasteiger partial charge in [0, 0.05) is 55.3 Å². The summed E-state index contributed by atoms with van der Waals surface area (Å²) < 4.78 is 15.5. The van der Waals surface area contributed by atoms with Gasteiger partial charge in [-0.2, -0.15) is 5.10 Å². The molecule has 6 nitrogen and oxygen atoms in total. The third-order valence-electron chi connectivity index (χ3n) is 5.20. The maximum Gasteiger partial charge on any atom is 0.258 e. The number of aryl methyl sites for hydroxylation is 2. The second kappa shape index (κ2) is 7.50. The van der Waals surface area contributed by atoms with E-state index in [9.17, 15) is 9.18 Å². The van der Waals surface area contributed by atoms with E-state index in [0.717, 1.165) is 27.7 Å². The quantitative estimate of drug-likeness (QED) is 0.561. The van der Waals surface area contributed by atoms with Crippen molar-refractivity contribution in [1.82, 2.24) is 24.6 Å². The molecule has 3 aromatic heterocycles. The van der Waals surface area contributed by atoms with E-state index in [2.05, 4.69) is 15.1 Å². The number of amides is 1. The van der Waals surface area contributed by atoms with Gasteiger partial charge in [-0.25, -0.2) is 4.39 Å². The van der Waals surface area contributed by atoms with E-state index in [-0.39, 0.29) is 11.7 Å². The van der Waals surface area contributed by atoms with Crippen LogP contribution in [-0.4, -0.2) is 30.6 Å². The number of nitrogens with one attached hydrogen (secondary N) is 1. The summed E-state index contributed by atoms with van der Waals surface area (Å²) in [5, 5.41) is 5.15. The Kier molecular flexibility index (Phi) is 4.88. The highest BCUT2D eigenvalue weighted by atomic mass is 19.1. The molecule has 7 heteroatoms. The maximum absolute atomic E-state index is 13.8. The molecule has 0 aliphatic heterocycles. The molecule has 0 aliphatic rings. The van der Waals surface area contributed by atoms with Gasteiger partial charge in [0.2, 0.25) is 0 Å². The van der Waals surface area contributed by atoms with Crippen LogP contribution in [0.1, 0.15) is 32.9 Å². The fraction of sp³-hybridized carbons (Fsp3) is 0.227. The number of carbonyl (C=O) groups excluding carboxylic acids is 1. The van der Waals surface area contributed by atoms with Crippen LogP contribution in [0.3, 0.4) is 0 Å². The number of fused-ring (bicyclic) bond motifs is 1. The molecule has 0 spiro atoms. The summed E-state index contributed by atoms with van der Waals surface area (Å²) in [6.07, 6.45) is 5.28. The van der Waals surface area contributed by atoms with Gasteiger partial charge in [-0.05, 0) is 49.2 Å². The normalized spacial score (nSPS) is 11.2. The Morgan fingerprint density at radius 1 is 1.24 bits per heavy atom. The number of nitrogens with zero attached hydrogens (tertiary/aromatic N) is 4. The van der Waals surface area contributed by atoms with Crippen LogP contribution < -0.4 is 0 Å². The summed E-state index contributed by atoms with van der Waals surface area (Å²) in [5.74, 6) is -0.412. The minimum absolute atomic E-state index is 0.109. The molecule has 0 radical (unpaired) electrons. The smallest absolute Gasteiger partial charge is 0.258 e. The summed E-state index contributed by atoms with van der Waals surface area (Å²) in [4.78, 5) is 22.6. The Hall–Kier alpha value is -3.48. The van der Waals surface area contributed by atoms with Gasteiger partial charge in [0.15, 0.2) is 0 Å². The zero-order valence-electron chi connectivity index (χ0n) is 16.6. The minimum atomic E-state index is -0.303. The van der Waals surface area contributed by atoms with Gasteiger partial charge < -0.3 is 9.88 Å². The lowest BCUT2D eigenvalue weighted by atomic mass is 10.1. The van der Waals surface area contributed by atoms with Crippen LogP contribution in [-0.2, 0) is 20.1 Å². The van der Waals surface area contributed by atoms with Crippen molar-refractivity contribution in [3.63, 3.8) is 0 Å². The molecule has 1 N–H and O–H groups in total. The van der Waals surface area contributed by atoms with Crippen LogP contribution in [0, 0.1) is 19.7 Å². The molecule has 0 saturated carbocycles. The molecule has 0 atom stereocenters. The first-order valence-electron chi connectivity index (χ1n) is 9.38. The highest BCUT2D eigenvalue weighted by Crippen LogP contribution is 2.24. The number of rotatable bonds is 5. The Balaban J connectivity index is 1.73. The van der Waals surface area contributed by atoms with Crippen LogP contribution in [0.2, 0.25) is 0 Å². The third kappa shape index (κ3) is 3.63. The number of pyridine rings is 1. The average molecular weight is 391 g/mol. The molecule has 29 heavy (non-hydrogen) atoms. The maximum atomic E-state index is 13.8. The summed E-state index contributed by atoms with van der Waals surface area (Å²) >= 11 is 0. The van der Waals surface area contributed by atoms with E-state index < -0.39 is 0 Å². The van der Waals surface area contributed by atoms with E-state index in [0.29, 0.717) is 24.3 Å². The molecular formula is C22H22FN5O. The van der Waals surface area contributed by atoms with Gasteiger partial charge in [0.25, 0.3) is 5.91 Å². The zero-order valence-corrected chi connectivity index (χ0v) is 16.6. The second-order valence-electron chi connectivity index (χ2n) is 7.20. The molecule has 0 bridgehead atoms. The molecule has 4 rings (SSSR count). The summed E-state index contributed by atoms with van der Waals surface area (Å²) in [7, 11) is 1.83. The minimum Gasteiger partial charge on any atom is -0.361 e. The molecule has 4 aromatic rings. The predicted octanol–water partition coefficient (Wildman–Crippen LogP) is 3.89. The van der Waals surface area contributed by atoms with Gasteiger partial charge >= 0.3 is 0 Å². The standard InChI is InChI=1S/C22H22FN5O/c1-14-21(15(2)27(3)26-14)22(29)28(12-16-5-4-8-24-10-16)13-17-11-25-20-7-6-18(23)9-19(17)20/h4-11,25H,12-13H2,1-3H3. The van der Waals surface area contributed by atoms with Gasteiger partial charge in [0.1, 0.15) is 5.82 Å². The molecule has 3 heterocycles. The number of benzene rings is 1. The summed E-state index contributed by atoms with van der Waals surface area (Å²) in [5.41, 5.74) is 4.72. The van der Waals surface area contributed by atoms with Crippen LogP contribution in [0.4, 0.5) is 4.39 Å². The fourth-order valence-electron chi connectivity index (χ4n) is 3.64. The lowest BCUT2D eigenvalue weighted by Gasteiger charge is -2.23. The van der Waals surface area contributed by atoms with Gasteiger partial charge in [-0.3, -0.25) is 14.5 Å². The van der Waals surface area contributed by atoms with E-state index in [1.807, 2.05) is 39.2 Å². The third-order valence-corrected chi connectivity index (χ3v) is 5.20. The molecule has 1 aromatic carbocycles. The van der Waals surface area contributed by atoms with Crippen LogP contribution in [0.15, 0.2) is 48.9 Å². The van der Waals surface area contributed by atoms with Crippen molar-refractivity contribution < 1.29 is 9.18 Å². The molecule has 0 aliphatic carbocycles. The topological polar surface area (TPSA) is 66.8 Å².